The number of oxazole rings is 1. The lowest BCUT2D eigenvalue weighted by atomic mass is 10.0. The van der Waals surface area contributed by atoms with Crippen LogP contribution in [0.1, 0.15) is 23.9 Å². The Morgan fingerprint density at radius 3 is 2.75 bits per heavy atom. The van der Waals surface area contributed by atoms with Crippen LogP contribution in [0.4, 0.5) is 11.6 Å². The van der Waals surface area contributed by atoms with Gasteiger partial charge in [0.25, 0.3) is 5.56 Å². The number of benzene rings is 1. The van der Waals surface area contributed by atoms with Gasteiger partial charge in [0, 0.05) is 18.7 Å². The number of aliphatic carboxylic acids is 1. The molecule has 1 fully saturated rings. The summed E-state index contributed by atoms with van der Waals surface area (Å²) in [5.74, 6) is 0.414. The number of nitrogens with one attached hydrogen (secondary N) is 1. The molecule has 0 saturated carbocycles. The van der Waals surface area contributed by atoms with Crippen LogP contribution >= 0.6 is 0 Å². The molecule has 10 heteroatoms. The Bertz CT molecular complexity index is 1180. The minimum atomic E-state index is -1.10. The Morgan fingerprint density at radius 1 is 1.22 bits per heavy atom. The van der Waals surface area contributed by atoms with E-state index in [1.807, 2.05) is 35.2 Å². The van der Waals surface area contributed by atoms with Gasteiger partial charge in [0.1, 0.15) is 18.0 Å². The van der Waals surface area contributed by atoms with Gasteiger partial charge in [-0.3, -0.25) is 14.2 Å². The molecule has 1 unspecified atom stereocenters. The Morgan fingerprint density at radius 2 is 2.00 bits per heavy atom. The highest BCUT2D eigenvalue weighted by atomic mass is 16.5. The second-order valence-electron chi connectivity index (χ2n) is 7.79. The summed E-state index contributed by atoms with van der Waals surface area (Å²) in [4.78, 5) is 35.8. The number of fused-ring (bicyclic) bond motifs is 1. The average molecular weight is 437 g/mol. The van der Waals surface area contributed by atoms with Crippen LogP contribution in [0.15, 0.2) is 45.7 Å². The predicted molar refractivity (Wildman–Crippen MR) is 116 cm³/mol. The van der Waals surface area contributed by atoms with Crippen LogP contribution in [0, 0.1) is 0 Å². The molecule has 5 rings (SSSR count). The van der Waals surface area contributed by atoms with Gasteiger partial charge in [-0.1, -0.05) is 18.2 Å². The first-order chi connectivity index (χ1) is 15.6. The highest BCUT2D eigenvalue weighted by Gasteiger charge is 2.29. The molecule has 166 valence electrons. The zero-order chi connectivity index (χ0) is 22.1. The molecule has 2 aliphatic rings. The third-order valence-corrected chi connectivity index (χ3v) is 5.69. The number of carboxylic acids is 1. The van der Waals surface area contributed by atoms with E-state index in [2.05, 4.69) is 10.3 Å². The van der Waals surface area contributed by atoms with E-state index in [4.69, 9.17) is 14.1 Å². The summed E-state index contributed by atoms with van der Waals surface area (Å²) in [6.45, 7) is 1.67. The molecule has 2 aromatic heterocycles. The smallest absolute Gasteiger partial charge is 0.323 e. The number of hydrogen-bond acceptors (Lipinski definition) is 8. The number of carboxylic acid groups (broad SMARTS) is 1. The molecule has 0 amide bonds. The molecular weight excluding hydrogens is 414 g/mol. The van der Waals surface area contributed by atoms with Crippen LogP contribution in [0.2, 0.25) is 0 Å². The standard InChI is InChI=1S/C22H23N5O5/c28-18(29)13-27-21(30)19-16(25-22(27)26-8-10-31-11-9-26)7-6-15(24-19)17-12-23-20(32-17)14-4-2-1-3-5-14/h1-5,12,15,24H,6-11,13H2,(H,28,29). The van der Waals surface area contributed by atoms with Crippen LogP contribution in [0.5, 0.6) is 0 Å². The van der Waals surface area contributed by atoms with Crippen molar-refractivity contribution in [1.29, 1.82) is 0 Å². The molecule has 10 nitrogen and oxygen atoms in total. The summed E-state index contributed by atoms with van der Waals surface area (Å²) in [6.07, 6.45) is 2.90. The highest BCUT2D eigenvalue weighted by molar-refractivity contribution is 5.68. The van der Waals surface area contributed by atoms with Gasteiger partial charge < -0.3 is 24.5 Å². The van der Waals surface area contributed by atoms with Gasteiger partial charge in [0.05, 0.1) is 31.1 Å². The molecule has 0 radical (unpaired) electrons. The van der Waals surface area contributed by atoms with E-state index < -0.39 is 18.1 Å². The summed E-state index contributed by atoms with van der Waals surface area (Å²) in [5, 5.41) is 12.6. The van der Waals surface area contributed by atoms with Crippen molar-refractivity contribution in [2.75, 3.05) is 36.5 Å². The van der Waals surface area contributed by atoms with Crippen LogP contribution in [-0.4, -0.2) is 51.9 Å². The Hall–Kier alpha value is -3.66. The summed E-state index contributed by atoms with van der Waals surface area (Å²) in [6, 6.07) is 9.33. The molecule has 0 bridgehead atoms. The van der Waals surface area contributed by atoms with Gasteiger partial charge in [-0.2, -0.15) is 0 Å². The van der Waals surface area contributed by atoms with Crippen molar-refractivity contribution in [3.8, 4) is 11.5 Å². The van der Waals surface area contributed by atoms with E-state index in [0.717, 1.165) is 5.56 Å². The average Bonchev–Trinajstić information content (AvgIpc) is 3.32. The predicted octanol–water partition coefficient (Wildman–Crippen LogP) is 1.92. The molecule has 2 N–H and O–H groups in total. The molecule has 0 aliphatic carbocycles. The fourth-order valence-electron chi connectivity index (χ4n) is 4.10. The second-order valence-corrected chi connectivity index (χ2v) is 7.79. The first-order valence-electron chi connectivity index (χ1n) is 10.6. The molecular formula is C22H23N5O5. The maximum Gasteiger partial charge on any atom is 0.323 e. The Balaban J connectivity index is 1.47. The highest BCUT2D eigenvalue weighted by Crippen LogP contribution is 2.32. The Labute approximate surface area is 183 Å². The van der Waals surface area contributed by atoms with Gasteiger partial charge in [0.2, 0.25) is 11.8 Å². The number of aromatic nitrogens is 3. The van der Waals surface area contributed by atoms with Crippen molar-refractivity contribution in [3.05, 3.63) is 58.3 Å². The minimum Gasteiger partial charge on any atom is -0.480 e. The summed E-state index contributed by atoms with van der Waals surface area (Å²) >= 11 is 0. The third kappa shape index (κ3) is 3.84. The van der Waals surface area contributed by atoms with Gasteiger partial charge in [-0.15, -0.1) is 0 Å². The van der Waals surface area contributed by atoms with Crippen molar-refractivity contribution in [2.24, 2.45) is 0 Å². The third-order valence-electron chi connectivity index (χ3n) is 5.69. The molecule has 0 spiro atoms. The van der Waals surface area contributed by atoms with Gasteiger partial charge in [-0.25, -0.2) is 9.97 Å². The van der Waals surface area contributed by atoms with E-state index in [1.165, 1.54) is 4.57 Å². The summed E-state index contributed by atoms with van der Waals surface area (Å²) in [5.41, 5.74) is 1.43. The van der Waals surface area contributed by atoms with Gasteiger partial charge in [-0.05, 0) is 25.0 Å². The maximum atomic E-state index is 13.3. The molecule has 1 aromatic carbocycles. The normalized spacial score (nSPS) is 18.1. The number of morpholine rings is 1. The lowest BCUT2D eigenvalue weighted by Crippen LogP contribution is -2.42. The first kappa shape index (κ1) is 20.3. The zero-order valence-electron chi connectivity index (χ0n) is 17.4. The van der Waals surface area contributed by atoms with Gasteiger partial charge >= 0.3 is 5.97 Å². The van der Waals surface area contributed by atoms with Crippen LogP contribution < -0.4 is 15.8 Å². The number of nitrogens with zero attached hydrogens (tertiary/aromatic N) is 4. The molecule has 4 heterocycles. The van der Waals surface area contributed by atoms with Crippen molar-refractivity contribution in [3.63, 3.8) is 0 Å². The van der Waals surface area contributed by atoms with E-state index in [9.17, 15) is 14.7 Å². The molecule has 1 saturated heterocycles. The fraction of sp³-hybridized carbons (Fsp3) is 0.364. The van der Waals surface area contributed by atoms with Crippen molar-refractivity contribution >= 4 is 17.6 Å². The van der Waals surface area contributed by atoms with Crippen LogP contribution in [0.3, 0.4) is 0 Å². The quantitative estimate of drug-likeness (QED) is 0.616. The number of rotatable bonds is 5. The lowest BCUT2D eigenvalue weighted by Gasteiger charge is -2.32. The molecule has 3 aromatic rings. The zero-order valence-corrected chi connectivity index (χ0v) is 17.4. The summed E-state index contributed by atoms with van der Waals surface area (Å²) in [7, 11) is 0. The topological polar surface area (TPSA) is 123 Å². The second kappa shape index (κ2) is 8.46. The number of carbonyl (C=O) groups is 1. The largest absolute Gasteiger partial charge is 0.480 e. The number of aryl methyl sites for hydroxylation is 1. The van der Waals surface area contributed by atoms with E-state index >= 15 is 0 Å². The SMILES string of the molecule is O=C(O)Cn1c(N2CCOCC2)nc2c(c1=O)NC(c1cnc(-c3ccccc3)o1)CC2. The number of ether oxygens (including phenoxy) is 1. The van der Waals surface area contributed by atoms with Gasteiger partial charge in [0.15, 0.2) is 0 Å². The van der Waals surface area contributed by atoms with E-state index in [-0.39, 0.29) is 6.04 Å². The van der Waals surface area contributed by atoms with Crippen LogP contribution in [0.25, 0.3) is 11.5 Å². The van der Waals surface area contributed by atoms with Crippen LogP contribution in [-0.2, 0) is 22.5 Å². The maximum absolute atomic E-state index is 13.3. The first-order valence-corrected chi connectivity index (χ1v) is 10.6. The van der Waals surface area contributed by atoms with E-state index in [0.29, 0.717) is 68.1 Å². The van der Waals surface area contributed by atoms with E-state index in [1.54, 1.807) is 6.20 Å². The Kier molecular flexibility index (Phi) is 5.36. The molecule has 1 atom stereocenters. The number of anilines is 2. The minimum absolute atomic E-state index is 0.255. The summed E-state index contributed by atoms with van der Waals surface area (Å²) < 4.78 is 12.6. The van der Waals surface area contributed by atoms with Crippen molar-refractivity contribution in [1.82, 2.24) is 14.5 Å². The van der Waals surface area contributed by atoms with Crippen molar-refractivity contribution < 1.29 is 19.1 Å². The lowest BCUT2D eigenvalue weighted by molar-refractivity contribution is -0.137. The molecule has 32 heavy (non-hydrogen) atoms. The molecule has 2 aliphatic heterocycles. The van der Waals surface area contributed by atoms with Crippen molar-refractivity contribution in [2.45, 2.75) is 25.4 Å². The monoisotopic (exact) mass is 437 g/mol. The number of hydrogen-bond donors (Lipinski definition) is 2. The fourth-order valence-corrected chi connectivity index (χ4v) is 4.10.